The Balaban J connectivity index is 1.30. The van der Waals surface area contributed by atoms with E-state index in [-0.39, 0.29) is 0 Å². The van der Waals surface area contributed by atoms with Gasteiger partial charge in [-0.15, -0.1) is 0 Å². The van der Waals surface area contributed by atoms with Gasteiger partial charge in [0.25, 0.3) is 0 Å². The van der Waals surface area contributed by atoms with Crippen LogP contribution >= 0.6 is 0 Å². The molecule has 22 heavy (non-hydrogen) atoms. The van der Waals surface area contributed by atoms with E-state index in [1.54, 1.807) is 0 Å². The zero-order valence-corrected chi connectivity index (χ0v) is 12.6. The molecule has 0 fully saturated rings. The molecule has 5 nitrogen and oxygen atoms in total. The summed E-state index contributed by atoms with van der Waals surface area (Å²) in [6, 6.07) is 6.19. The Morgan fingerprint density at radius 1 is 1.23 bits per heavy atom. The van der Waals surface area contributed by atoms with Gasteiger partial charge in [-0.3, -0.25) is 0 Å². The van der Waals surface area contributed by atoms with Gasteiger partial charge in [0.15, 0.2) is 11.5 Å². The van der Waals surface area contributed by atoms with Crippen LogP contribution in [0.3, 0.4) is 0 Å². The van der Waals surface area contributed by atoms with E-state index in [9.17, 15) is 0 Å². The van der Waals surface area contributed by atoms with Crippen LogP contribution in [0.1, 0.15) is 17.8 Å². The van der Waals surface area contributed by atoms with Crippen LogP contribution in [0.5, 0.6) is 11.5 Å². The van der Waals surface area contributed by atoms with E-state index in [1.165, 1.54) is 17.8 Å². The molecule has 0 spiro atoms. The summed E-state index contributed by atoms with van der Waals surface area (Å²) in [4.78, 5) is 4.38. The smallest absolute Gasteiger partial charge is 0.161 e. The molecule has 116 valence electrons. The van der Waals surface area contributed by atoms with Crippen LogP contribution in [-0.2, 0) is 19.5 Å². The van der Waals surface area contributed by atoms with Crippen LogP contribution in [0.2, 0.25) is 0 Å². The Labute approximate surface area is 130 Å². The van der Waals surface area contributed by atoms with Crippen molar-refractivity contribution in [3.63, 3.8) is 0 Å². The Morgan fingerprint density at radius 2 is 2.14 bits per heavy atom. The van der Waals surface area contributed by atoms with Gasteiger partial charge in [-0.05, 0) is 36.6 Å². The van der Waals surface area contributed by atoms with E-state index in [1.807, 2.05) is 12.3 Å². The Kier molecular flexibility index (Phi) is 3.72. The summed E-state index contributed by atoms with van der Waals surface area (Å²) in [5.41, 5.74) is 1.24. The van der Waals surface area contributed by atoms with Crippen molar-refractivity contribution >= 4 is 0 Å². The zero-order chi connectivity index (χ0) is 14.8. The predicted molar refractivity (Wildman–Crippen MR) is 83.2 cm³/mol. The first kappa shape index (κ1) is 13.6. The number of nitrogens with zero attached hydrogens (tertiary/aromatic N) is 2. The highest BCUT2D eigenvalue weighted by Crippen LogP contribution is 2.30. The van der Waals surface area contributed by atoms with Crippen LogP contribution < -0.4 is 14.8 Å². The molecule has 0 amide bonds. The molecule has 1 N–H and O–H groups in total. The van der Waals surface area contributed by atoms with Gasteiger partial charge in [-0.25, -0.2) is 4.98 Å². The minimum atomic E-state index is 0.638. The number of hydrogen-bond donors (Lipinski definition) is 1. The van der Waals surface area contributed by atoms with Crippen molar-refractivity contribution in [3.8, 4) is 11.5 Å². The molecule has 1 aromatic heterocycles. The minimum Gasteiger partial charge on any atom is -0.486 e. The van der Waals surface area contributed by atoms with Crippen LogP contribution in [-0.4, -0.2) is 29.3 Å². The number of rotatable bonds is 4. The highest BCUT2D eigenvalue weighted by molar-refractivity contribution is 5.43. The van der Waals surface area contributed by atoms with Crippen molar-refractivity contribution in [2.45, 2.75) is 25.9 Å². The van der Waals surface area contributed by atoms with Crippen molar-refractivity contribution in [2.24, 2.45) is 5.92 Å². The molecule has 0 saturated carbocycles. The van der Waals surface area contributed by atoms with Crippen molar-refractivity contribution in [1.82, 2.24) is 14.9 Å². The molecule has 2 aliphatic heterocycles. The molecular formula is C17H21N3O2. The maximum atomic E-state index is 5.63. The second-order valence-electron chi connectivity index (χ2n) is 6.01. The highest BCUT2D eigenvalue weighted by Gasteiger charge is 2.18. The SMILES string of the molecule is c1cn2c(n1)CC[C@@H](CNCc1ccc3c(c1)OCCO3)C2. The number of nitrogens with one attached hydrogen (secondary N) is 1. The molecule has 0 radical (unpaired) electrons. The fourth-order valence-corrected chi connectivity index (χ4v) is 3.22. The lowest BCUT2D eigenvalue weighted by atomic mass is 9.99. The first-order valence-electron chi connectivity index (χ1n) is 7.98. The molecule has 2 aromatic rings. The van der Waals surface area contributed by atoms with E-state index in [0.717, 1.165) is 37.6 Å². The number of aromatic nitrogens is 2. The van der Waals surface area contributed by atoms with Crippen LogP contribution in [0.25, 0.3) is 0 Å². The Morgan fingerprint density at radius 3 is 3.09 bits per heavy atom. The molecule has 0 unspecified atom stereocenters. The summed E-state index contributed by atoms with van der Waals surface area (Å²) in [7, 11) is 0. The van der Waals surface area contributed by atoms with Crippen LogP contribution in [0.4, 0.5) is 0 Å². The van der Waals surface area contributed by atoms with E-state index >= 15 is 0 Å². The van der Waals surface area contributed by atoms with Crippen LogP contribution in [0, 0.1) is 5.92 Å². The fraction of sp³-hybridized carbons (Fsp3) is 0.471. The lowest BCUT2D eigenvalue weighted by Crippen LogP contribution is -2.29. The Hall–Kier alpha value is -2.01. The monoisotopic (exact) mass is 299 g/mol. The third kappa shape index (κ3) is 2.81. The number of imidazole rings is 1. The van der Waals surface area contributed by atoms with Crippen molar-refractivity contribution in [1.29, 1.82) is 0 Å². The van der Waals surface area contributed by atoms with E-state index in [2.05, 4.69) is 33.2 Å². The predicted octanol–water partition coefficient (Wildman–Crippen LogP) is 2.01. The van der Waals surface area contributed by atoms with Gasteiger partial charge < -0.3 is 19.4 Å². The average molecular weight is 299 g/mol. The molecule has 1 aromatic carbocycles. The minimum absolute atomic E-state index is 0.638. The normalized spacial score (nSPS) is 19.7. The molecule has 1 atom stereocenters. The first-order chi connectivity index (χ1) is 10.9. The third-order valence-corrected chi connectivity index (χ3v) is 4.40. The summed E-state index contributed by atoms with van der Waals surface area (Å²) < 4.78 is 13.5. The van der Waals surface area contributed by atoms with Crippen molar-refractivity contribution < 1.29 is 9.47 Å². The fourth-order valence-electron chi connectivity index (χ4n) is 3.22. The van der Waals surface area contributed by atoms with E-state index < -0.39 is 0 Å². The first-order valence-corrected chi connectivity index (χ1v) is 7.98. The summed E-state index contributed by atoms with van der Waals surface area (Å²) in [6.07, 6.45) is 6.29. The molecule has 3 heterocycles. The average Bonchev–Trinajstić information content (AvgIpc) is 3.02. The van der Waals surface area contributed by atoms with E-state index in [0.29, 0.717) is 19.1 Å². The van der Waals surface area contributed by atoms with Gasteiger partial charge in [0.05, 0.1) is 0 Å². The van der Waals surface area contributed by atoms with Gasteiger partial charge >= 0.3 is 0 Å². The van der Waals surface area contributed by atoms with Gasteiger partial charge in [0.2, 0.25) is 0 Å². The van der Waals surface area contributed by atoms with Crippen molar-refractivity contribution in [3.05, 3.63) is 42.0 Å². The Bertz CT molecular complexity index is 653. The zero-order valence-electron chi connectivity index (χ0n) is 12.6. The number of hydrogen-bond acceptors (Lipinski definition) is 4. The van der Waals surface area contributed by atoms with E-state index in [4.69, 9.17) is 9.47 Å². The molecule has 2 aliphatic rings. The largest absolute Gasteiger partial charge is 0.486 e. The quantitative estimate of drug-likeness (QED) is 0.938. The van der Waals surface area contributed by atoms with Gasteiger partial charge in [-0.2, -0.15) is 0 Å². The molecule has 0 saturated heterocycles. The van der Waals surface area contributed by atoms with Crippen molar-refractivity contribution in [2.75, 3.05) is 19.8 Å². The maximum absolute atomic E-state index is 5.63. The molecule has 4 rings (SSSR count). The number of ether oxygens (including phenoxy) is 2. The number of aryl methyl sites for hydroxylation is 1. The maximum Gasteiger partial charge on any atom is 0.161 e. The third-order valence-electron chi connectivity index (χ3n) is 4.40. The summed E-state index contributed by atoms with van der Waals surface area (Å²) in [5, 5.41) is 3.57. The molecule has 0 bridgehead atoms. The lowest BCUT2D eigenvalue weighted by molar-refractivity contribution is 0.171. The molecular weight excluding hydrogens is 278 g/mol. The number of fused-ring (bicyclic) bond motifs is 2. The second-order valence-corrected chi connectivity index (χ2v) is 6.01. The van der Waals surface area contributed by atoms with Gasteiger partial charge in [-0.1, -0.05) is 6.07 Å². The van der Waals surface area contributed by atoms with Gasteiger partial charge in [0, 0.05) is 31.9 Å². The summed E-state index contributed by atoms with van der Waals surface area (Å²) in [5.74, 6) is 3.63. The standard InChI is InChI=1S/C17H21N3O2/c1-3-15-16(22-8-7-21-15)9-13(1)10-18-11-14-2-4-17-19-5-6-20(17)12-14/h1,3,5-6,9,14,18H,2,4,7-8,10-12H2/t14-/m0/s1. The second kappa shape index (κ2) is 6.01. The lowest BCUT2D eigenvalue weighted by Gasteiger charge is -2.24. The van der Waals surface area contributed by atoms with Crippen LogP contribution in [0.15, 0.2) is 30.6 Å². The summed E-state index contributed by atoms with van der Waals surface area (Å²) >= 11 is 0. The highest BCUT2D eigenvalue weighted by atomic mass is 16.6. The summed E-state index contributed by atoms with van der Waals surface area (Å²) in [6.45, 7) is 4.25. The number of benzene rings is 1. The van der Waals surface area contributed by atoms with Gasteiger partial charge in [0.1, 0.15) is 19.0 Å². The molecule has 0 aliphatic carbocycles. The topological polar surface area (TPSA) is 48.3 Å². The molecule has 5 heteroatoms.